The second-order valence-electron chi connectivity index (χ2n) is 5.59. The van der Waals surface area contributed by atoms with Crippen molar-refractivity contribution in [2.24, 2.45) is 0 Å². The lowest BCUT2D eigenvalue weighted by Crippen LogP contribution is -2.33. The quantitative estimate of drug-likeness (QED) is 0.905. The molecule has 23 heavy (non-hydrogen) atoms. The number of benzene rings is 1. The number of hydrogen-bond acceptors (Lipinski definition) is 5. The first-order chi connectivity index (χ1) is 11.1. The van der Waals surface area contributed by atoms with Crippen LogP contribution in [0.4, 0.5) is 11.4 Å². The Balaban J connectivity index is 1.82. The number of pyridine rings is 1. The monoisotopic (exact) mass is 312 g/mol. The van der Waals surface area contributed by atoms with E-state index in [9.17, 15) is 4.79 Å². The Labute approximate surface area is 135 Å². The highest BCUT2D eigenvalue weighted by Crippen LogP contribution is 2.28. The Morgan fingerprint density at radius 1 is 1.35 bits per heavy atom. The Morgan fingerprint density at radius 2 is 2.17 bits per heavy atom. The number of carbonyl (C=O) groups excluding carboxylic acids is 1. The number of nitrogens with one attached hydrogen (secondary N) is 2. The summed E-state index contributed by atoms with van der Waals surface area (Å²) in [5.41, 5.74) is 2.45. The van der Waals surface area contributed by atoms with Gasteiger partial charge in [0, 0.05) is 26.2 Å². The summed E-state index contributed by atoms with van der Waals surface area (Å²) >= 11 is 0. The molecule has 6 nitrogen and oxygen atoms in total. The van der Waals surface area contributed by atoms with Crippen LogP contribution in [0.15, 0.2) is 42.7 Å². The lowest BCUT2D eigenvalue weighted by molar-refractivity contribution is -0.118. The molecule has 1 atom stereocenters. The van der Waals surface area contributed by atoms with Gasteiger partial charge >= 0.3 is 0 Å². The third kappa shape index (κ3) is 3.43. The lowest BCUT2D eigenvalue weighted by atomic mass is 10.1. The third-order valence-corrected chi connectivity index (χ3v) is 3.71. The van der Waals surface area contributed by atoms with E-state index in [1.165, 1.54) is 0 Å². The summed E-state index contributed by atoms with van der Waals surface area (Å²) in [6.45, 7) is 1.15. The summed E-state index contributed by atoms with van der Waals surface area (Å²) in [5, 5.41) is 6.16. The number of ether oxygens (including phenoxy) is 1. The molecule has 1 aliphatic heterocycles. The molecule has 2 aromatic rings. The number of fused-ring (bicyclic) bond motifs is 1. The molecule has 3 rings (SSSR count). The zero-order valence-corrected chi connectivity index (χ0v) is 13.2. The minimum atomic E-state index is -0.447. The molecular weight excluding hydrogens is 292 g/mol. The van der Waals surface area contributed by atoms with Gasteiger partial charge in [-0.15, -0.1) is 0 Å². The predicted molar refractivity (Wildman–Crippen MR) is 89.9 cm³/mol. The molecule has 0 bridgehead atoms. The molecule has 1 amide bonds. The van der Waals surface area contributed by atoms with Crippen LogP contribution in [0, 0.1) is 0 Å². The summed E-state index contributed by atoms with van der Waals surface area (Å²) < 4.78 is 5.67. The second kappa shape index (κ2) is 6.66. The summed E-state index contributed by atoms with van der Waals surface area (Å²) in [6.07, 6.45) is 3.40. The smallest absolute Gasteiger partial charge is 0.246 e. The van der Waals surface area contributed by atoms with Gasteiger partial charge in [-0.05, 0) is 12.1 Å². The van der Waals surface area contributed by atoms with Gasteiger partial charge in [0.15, 0.2) is 0 Å². The molecule has 0 aliphatic carbocycles. The van der Waals surface area contributed by atoms with Crippen molar-refractivity contribution in [2.75, 3.05) is 37.5 Å². The van der Waals surface area contributed by atoms with Crippen LogP contribution in [0.2, 0.25) is 0 Å². The molecule has 1 aromatic carbocycles. The van der Waals surface area contributed by atoms with Crippen molar-refractivity contribution in [3.05, 3.63) is 48.3 Å². The van der Waals surface area contributed by atoms with Crippen LogP contribution in [-0.4, -0.2) is 38.1 Å². The Hall–Kier alpha value is -2.60. The SMILES string of the molecule is CN(C)c1cncc(NC(=O)C2NCCOc3ccccc32)c1. The number of hydrogen-bond donors (Lipinski definition) is 2. The maximum Gasteiger partial charge on any atom is 0.246 e. The first kappa shape index (κ1) is 15.3. The topological polar surface area (TPSA) is 66.5 Å². The van der Waals surface area contributed by atoms with Crippen molar-refractivity contribution in [1.82, 2.24) is 10.3 Å². The van der Waals surface area contributed by atoms with Gasteiger partial charge in [-0.1, -0.05) is 18.2 Å². The number of carbonyl (C=O) groups is 1. The van der Waals surface area contributed by atoms with E-state index in [1.807, 2.05) is 49.3 Å². The van der Waals surface area contributed by atoms with Gasteiger partial charge in [-0.2, -0.15) is 0 Å². The molecular formula is C17H20N4O2. The van der Waals surface area contributed by atoms with Gasteiger partial charge in [-0.3, -0.25) is 15.1 Å². The average molecular weight is 312 g/mol. The van der Waals surface area contributed by atoms with Crippen LogP contribution >= 0.6 is 0 Å². The molecule has 2 heterocycles. The Kier molecular flexibility index (Phi) is 4.43. The number of para-hydroxylation sites is 1. The van der Waals surface area contributed by atoms with Crippen molar-refractivity contribution in [1.29, 1.82) is 0 Å². The van der Waals surface area contributed by atoms with E-state index in [1.54, 1.807) is 12.4 Å². The van der Waals surface area contributed by atoms with E-state index in [4.69, 9.17) is 4.74 Å². The van der Waals surface area contributed by atoms with Crippen LogP contribution < -0.4 is 20.3 Å². The highest BCUT2D eigenvalue weighted by atomic mass is 16.5. The third-order valence-electron chi connectivity index (χ3n) is 3.71. The van der Waals surface area contributed by atoms with Crippen molar-refractivity contribution in [3.63, 3.8) is 0 Å². The van der Waals surface area contributed by atoms with Crippen molar-refractivity contribution in [3.8, 4) is 5.75 Å². The van der Waals surface area contributed by atoms with E-state index in [2.05, 4.69) is 15.6 Å². The average Bonchev–Trinajstić information content (AvgIpc) is 2.77. The maximum absolute atomic E-state index is 12.7. The molecule has 0 saturated heterocycles. The maximum atomic E-state index is 12.7. The zero-order chi connectivity index (χ0) is 16.2. The van der Waals surface area contributed by atoms with Crippen molar-refractivity contribution < 1.29 is 9.53 Å². The van der Waals surface area contributed by atoms with E-state index in [-0.39, 0.29) is 5.91 Å². The summed E-state index contributed by atoms with van der Waals surface area (Å²) in [4.78, 5) is 18.8. The van der Waals surface area contributed by atoms with Crippen LogP contribution in [0.1, 0.15) is 11.6 Å². The predicted octanol–water partition coefficient (Wildman–Crippen LogP) is 1.81. The summed E-state index contributed by atoms with van der Waals surface area (Å²) in [7, 11) is 3.87. The minimum Gasteiger partial charge on any atom is -0.492 e. The molecule has 0 radical (unpaired) electrons. The van der Waals surface area contributed by atoms with Gasteiger partial charge in [0.25, 0.3) is 0 Å². The highest BCUT2D eigenvalue weighted by Gasteiger charge is 2.25. The van der Waals surface area contributed by atoms with Crippen LogP contribution in [0.3, 0.4) is 0 Å². The van der Waals surface area contributed by atoms with E-state index in [0.29, 0.717) is 18.8 Å². The molecule has 1 aliphatic rings. The van der Waals surface area contributed by atoms with Gasteiger partial charge in [0.05, 0.1) is 23.8 Å². The summed E-state index contributed by atoms with van der Waals surface area (Å²) in [5.74, 6) is 0.624. The second-order valence-corrected chi connectivity index (χ2v) is 5.59. The number of aromatic nitrogens is 1. The highest BCUT2D eigenvalue weighted by molar-refractivity contribution is 5.96. The zero-order valence-electron chi connectivity index (χ0n) is 13.2. The van der Waals surface area contributed by atoms with Gasteiger partial charge in [0.2, 0.25) is 5.91 Å². The number of rotatable bonds is 3. The normalized spacial score (nSPS) is 16.7. The van der Waals surface area contributed by atoms with Gasteiger partial charge in [0.1, 0.15) is 18.4 Å². The molecule has 0 spiro atoms. The van der Waals surface area contributed by atoms with Crippen molar-refractivity contribution >= 4 is 17.3 Å². The Morgan fingerprint density at radius 3 is 3.00 bits per heavy atom. The van der Waals surface area contributed by atoms with Crippen LogP contribution in [-0.2, 0) is 4.79 Å². The number of amides is 1. The van der Waals surface area contributed by atoms with E-state index in [0.717, 1.165) is 17.0 Å². The molecule has 0 saturated carbocycles. The van der Waals surface area contributed by atoms with E-state index >= 15 is 0 Å². The molecule has 0 fully saturated rings. The molecule has 120 valence electrons. The van der Waals surface area contributed by atoms with Crippen LogP contribution in [0.5, 0.6) is 5.75 Å². The first-order valence-corrected chi connectivity index (χ1v) is 7.53. The fraction of sp³-hybridized carbons (Fsp3) is 0.294. The van der Waals surface area contributed by atoms with Crippen molar-refractivity contribution in [2.45, 2.75) is 6.04 Å². The largest absolute Gasteiger partial charge is 0.492 e. The standard InChI is InChI=1S/C17H20N4O2/c1-21(2)13-9-12(10-18-11-13)20-17(22)16-14-5-3-4-6-15(14)23-8-7-19-16/h3-6,9-11,16,19H,7-8H2,1-2H3,(H,20,22). The fourth-order valence-electron chi connectivity index (χ4n) is 2.51. The van der Waals surface area contributed by atoms with Gasteiger partial charge in [-0.25, -0.2) is 0 Å². The Bertz CT molecular complexity index is 702. The number of anilines is 2. The van der Waals surface area contributed by atoms with Crippen LogP contribution in [0.25, 0.3) is 0 Å². The fourth-order valence-corrected chi connectivity index (χ4v) is 2.51. The molecule has 2 N–H and O–H groups in total. The lowest BCUT2D eigenvalue weighted by Gasteiger charge is -2.18. The van der Waals surface area contributed by atoms with E-state index < -0.39 is 6.04 Å². The minimum absolute atomic E-state index is 0.124. The molecule has 6 heteroatoms. The molecule has 1 unspecified atom stereocenters. The van der Waals surface area contributed by atoms with Gasteiger partial charge < -0.3 is 15.0 Å². The molecule has 1 aromatic heterocycles. The summed E-state index contributed by atoms with van der Waals surface area (Å²) in [6, 6.07) is 9.05. The number of nitrogens with zero attached hydrogens (tertiary/aromatic N) is 2. The first-order valence-electron chi connectivity index (χ1n) is 7.53.